The van der Waals surface area contributed by atoms with Crippen LogP contribution in [0.15, 0.2) is 30.4 Å². The lowest BCUT2D eigenvalue weighted by Crippen LogP contribution is -2.13. The van der Waals surface area contributed by atoms with Gasteiger partial charge in [0, 0.05) is 25.1 Å². The lowest BCUT2D eigenvalue weighted by Gasteiger charge is -2.11. The van der Waals surface area contributed by atoms with Crippen LogP contribution in [0.3, 0.4) is 0 Å². The van der Waals surface area contributed by atoms with Crippen LogP contribution in [0.25, 0.3) is 0 Å². The first-order valence-electron chi connectivity index (χ1n) is 5.60. The Hall–Kier alpha value is -2.83. The Labute approximate surface area is 115 Å². The summed E-state index contributed by atoms with van der Waals surface area (Å²) in [4.78, 5) is 32.9. The first kappa shape index (κ1) is 15.2. The Bertz CT molecular complexity index is 566. The number of benzene rings is 1. The van der Waals surface area contributed by atoms with Crippen molar-refractivity contribution in [3.63, 3.8) is 0 Å². The van der Waals surface area contributed by atoms with Crippen LogP contribution >= 0.6 is 0 Å². The van der Waals surface area contributed by atoms with E-state index >= 15 is 0 Å². The minimum absolute atomic E-state index is 0.299. The van der Waals surface area contributed by atoms with Crippen molar-refractivity contribution >= 4 is 29.2 Å². The summed E-state index contributed by atoms with van der Waals surface area (Å²) in [6, 6.07) is 4.70. The molecule has 0 radical (unpaired) electrons. The van der Waals surface area contributed by atoms with E-state index in [1.54, 1.807) is 12.1 Å². The van der Waals surface area contributed by atoms with Crippen LogP contribution in [0.5, 0.6) is 5.75 Å². The number of hydrogen-bond acceptors (Lipinski definition) is 4. The summed E-state index contributed by atoms with van der Waals surface area (Å²) < 4.78 is 5.02. The molecule has 106 valence electrons. The van der Waals surface area contributed by atoms with Crippen molar-refractivity contribution in [3.05, 3.63) is 30.4 Å². The summed E-state index contributed by atoms with van der Waals surface area (Å²) >= 11 is 0. The van der Waals surface area contributed by atoms with Crippen LogP contribution in [-0.4, -0.2) is 30.0 Å². The van der Waals surface area contributed by atoms with Gasteiger partial charge in [-0.15, -0.1) is 0 Å². The highest BCUT2D eigenvalue weighted by Gasteiger charge is 2.08. The predicted molar refractivity (Wildman–Crippen MR) is 72.7 cm³/mol. The molecule has 1 aromatic carbocycles. The van der Waals surface area contributed by atoms with Gasteiger partial charge in [0.05, 0.1) is 18.5 Å². The van der Waals surface area contributed by atoms with Crippen LogP contribution in [0.4, 0.5) is 11.4 Å². The molecule has 0 saturated heterocycles. The van der Waals surface area contributed by atoms with E-state index in [-0.39, 0.29) is 5.91 Å². The van der Waals surface area contributed by atoms with Gasteiger partial charge in [0.2, 0.25) is 11.8 Å². The predicted octanol–water partition coefficient (Wildman–Crippen LogP) is 1.23. The second-order valence-electron chi connectivity index (χ2n) is 3.75. The molecule has 0 aromatic heterocycles. The van der Waals surface area contributed by atoms with E-state index in [0.29, 0.717) is 23.2 Å². The molecule has 0 aliphatic carbocycles. The van der Waals surface area contributed by atoms with Crippen molar-refractivity contribution < 1.29 is 24.2 Å². The Balaban J connectivity index is 2.97. The summed E-state index contributed by atoms with van der Waals surface area (Å²) in [5, 5.41) is 13.4. The number of carbonyl (C=O) groups excluding carboxylic acids is 2. The fraction of sp³-hybridized carbons (Fsp3) is 0.154. The molecular formula is C13H14N2O5. The molecule has 0 saturated carbocycles. The number of methoxy groups -OCH3 is 1. The molecule has 0 fully saturated rings. The molecular weight excluding hydrogens is 264 g/mol. The van der Waals surface area contributed by atoms with E-state index in [1.165, 1.54) is 20.1 Å². The first-order valence-corrected chi connectivity index (χ1v) is 5.60. The quantitative estimate of drug-likeness (QED) is 0.703. The van der Waals surface area contributed by atoms with E-state index in [9.17, 15) is 14.4 Å². The van der Waals surface area contributed by atoms with E-state index in [0.717, 1.165) is 6.08 Å². The zero-order chi connectivity index (χ0) is 15.1. The first-order chi connectivity index (χ1) is 9.42. The third-order valence-corrected chi connectivity index (χ3v) is 2.17. The number of carboxylic acid groups (broad SMARTS) is 1. The monoisotopic (exact) mass is 278 g/mol. The molecule has 2 amide bonds. The normalized spacial score (nSPS) is 10.1. The van der Waals surface area contributed by atoms with Crippen molar-refractivity contribution in [1.29, 1.82) is 0 Å². The molecule has 7 heteroatoms. The van der Waals surface area contributed by atoms with Gasteiger partial charge < -0.3 is 20.5 Å². The highest BCUT2D eigenvalue weighted by Crippen LogP contribution is 2.27. The van der Waals surface area contributed by atoms with Crippen molar-refractivity contribution in [1.82, 2.24) is 0 Å². The molecule has 0 aliphatic rings. The standard InChI is InChI=1S/C13H14N2O5/c1-8(16)14-10-4-3-9(20-2)7-11(10)15-12(17)5-6-13(18)19/h3-7H,1-2H3,(H,14,16)(H,15,17)(H,18,19)/b6-5-. The Kier molecular flexibility index (Phi) is 5.28. The number of amides is 2. The Morgan fingerprint density at radius 2 is 1.85 bits per heavy atom. The number of nitrogens with one attached hydrogen (secondary N) is 2. The molecule has 1 rings (SSSR count). The summed E-state index contributed by atoms with van der Waals surface area (Å²) in [6.07, 6.45) is 1.59. The van der Waals surface area contributed by atoms with Crippen LogP contribution in [0.1, 0.15) is 6.92 Å². The lowest BCUT2D eigenvalue weighted by atomic mass is 10.2. The molecule has 0 bridgehead atoms. The topological polar surface area (TPSA) is 105 Å². The Morgan fingerprint density at radius 3 is 2.40 bits per heavy atom. The number of rotatable bonds is 5. The number of carboxylic acids is 1. The fourth-order valence-electron chi connectivity index (χ4n) is 1.37. The molecule has 20 heavy (non-hydrogen) atoms. The molecule has 0 heterocycles. The summed E-state index contributed by atoms with van der Waals surface area (Å²) in [5.74, 6) is -1.68. The number of anilines is 2. The van der Waals surface area contributed by atoms with Crippen molar-refractivity contribution in [2.75, 3.05) is 17.7 Å². The highest BCUT2D eigenvalue weighted by atomic mass is 16.5. The zero-order valence-electron chi connectivity index (χ0n) is 11.0. The maximum atomic E-state index is 11.5. The largest absolute Gasteiger partial charge is 0.497 e. The smallest absolute Gasteiger partial charge is 0.328 e. The number of carbonyl (C=O) groups is 3. The van der Waals surface area contributed by atoms with Crippen LogP contribution < -0.4 is 15.4 Å². The maximum Gasteiger partial charge on any atom is 0.328 e. The third kappa shape index (κ3) is 4.81. The average molecular weight is 278 g/mol. The van der Waals surface area contributed by atoms with Gasteiger partial charge in [0.25, 0.3) is 0 Å². The molecule has 0 aliphatic heterocycles. The minimum atomic E-state index is -1.23. The highest BCUT2D eigenvalue weighted by molar-refractivity contribution is 6.05. The summed E-state index contributed by atoms with van der Waals surface area (Å²) in [5.41, 5.74) is 0.690. The van der Waals surface area contributed by atoms with Crippen molar-refractivity contribution in [2.24, 2.45) is 0 Å². The van der Waals surface area contributed by atoms with Gasteiger partial charge in [-0.3, -0.25) is 9.59 Å². The molecule has 0 spiro atoms. The molecule has 0 unspecified atom stereocenters. The fourth-order valence-corrected chi connectivity index (χ4v) is 1.37. The van der Waals surface area contributed by atoms with Gasteiger partial charge >= 0.3 is 5.97 Å². The molecule has 1 aromatic rings. The number of aliphatic carboxylic acids is 1. The van der Waals surface area contributed by atoms with Gasteiger partial charge in [0.15, 0.2) is 0 Å². The van der Waals surface area contributed by atoms with Crippen LogP contribution in [0.2, 0.25) is 0 Å². The second kappa shape index (κ2) is 6.93. The number of hydrogen-bond donors (Lipinski definition) is 3. The van der Waals surface area contributed by atoms with E-state index in [4.69, 9.17) is 9.84 Å². The lowest BCUT2D eigenvalue weighted by molar-refractivity contribution is -0.131. The maximum absolute atomic E-state index is 11.5. The zero-order valence-corrected chi connectivity index (χ0v) is 11.0. The van der Waals surface area contributed by atoms with Crippen LogP contribution in [0, 0.1) is 0 Å². The molecule has 7 nitrogen and oxygen atoms in total. The molecule has 0 atom stereocenters. The SMILES string of the molecule is COc1ccc(NC(C)=O)c(NC(=O)/C=C\C(=O)O)c1. The van der Waals surface area contributed by atoms with E-state index in [1.807, 2.05) is 0 Å². The van der Waals surface area contributed by atoms with Gasteiger partial charge in [0.1, 0.15) is 5.75 Å². The summed E-state index contributed by atoms with van der Waals surface area (Å²) in [6.45, 7) is 1.33. The van der Waals surface area contributed by atoms with Gasteiger partial charge in [-0.05, 0) is 12.1 Å². The second-order valence-corrected chi connectivity index (χ2v) is 3.75. The Morgan fingerprint density at radius 1 is 1.15 bits per heavy atom. The molecule has 3 N–H and O–H groups in total. The van der Waals surface area contributed by atoms with Gasteiger partial charge in [-0.25, -0.2) is 4.79 Å². The summed E-state index contributed by atoms with van der Waals surface area (Å²) in [7, 11) is 1.46. The van der Waals surface area contributed by atoms with E-state index < -0.39 is 11.9 Å². The van der Waals surface area contributed by atoms with Crippen molar-refractivity contribution in [2.45, 2.75) is 6.92 Å². The van der Waals surface area contributed by atoms with Gasteiger partial charge in [-0.1, -0.05) is 0 Å². The minimum Gasteiger partial charge on any atom is -0.497 e. The third-order valence-electron chi connectivity index (χ3n) is 2.17. The van der Waals surface area contributed by atoms with Gasteiger partial charge in [-0.2, -0.15) is 0 Å². The van der Waals surface area contributed by atoms with E-state index in [2.05, 4.69) is 10.6 Å². The van der Waals surface area contributed by atoms with Crippen molar-refractivity contribution in [3.8, 4) is 5.75 Å². The number of ether oxygens (including phenoxy) is 1. The average Bonchev–Trinajstić information content (AvgIpc) is 2.38. The van der Waals surface area contributed by atoms with Crippen LogP contribution in [-0.2, 0) is 14.4 Å².